The van der Waals surface area contributed by atoms with E-state index in [1.807, 2.05) is 36.5 Å². The minimum absolute atomic E-state index is 0.124. The quantitative estimate of drug-likeness (QED) is 0.741. The number of hydrogen-bond acceptors (Lipinski definition) is 5. The van der Waals surface area contributed by atoms with Gasteiger partial charge in [0.1, 0.15) is 18.2 Å². The summed E-state index contributed by atoms with van der Waals surface area (Å²) in [7, 11) is 1.68. The van der Waals surface area contributed by atoms with Crippen molar-refractivity contribution in [1.82, 2.24) is 19.9 Å². The maximum Gasteiger partial charge on any atom is 0.135 e. The molecule has 134 valence electrons. The Balaban J connectivity index is 1.40. The SMILES string of the molecule is COc1ccccc1-c1cn2c(n1)CO[C@@H](CNCc1cccnc1)C2. The van der Waals surface area contributed by atoms with Gasteiger partial charge in [-0.1, -0.05) is 18.2 Å². The highest BCUT2D eigenvalue weighted by atomic mass is 16.5. The molecule has 3 heterocycles. The van der Waals surface area contributed by atoms with E-state index in [1.165, 1.54) is 5.56 Å². The van der Waals surface area contributed by atoms with Crippen molar-refractivity contribution >= 4 is 0 Å². The summed E-state index contributed by atoms with van der Waals surface area (Å²) in [4.78, 5) is 8.85. The highest BCUT2D eigenvalue weighted by Gasteiger charge is 2.21. The van der Waals surface area contributed by atoms with E-state index in [9.17, 15) is 0 Å². The molecule has 0 aliphatic carbocycles. The van der Waals surface area contributed by atoms with E-state index in [0.29, 0.717) is 6.61 Å². The van der Waals surface area contributed by atoms with Crippen molar-refractivity contribution in [2.24, 2.45) is 0 Å². The zero-order chi connectivity index (χ0) is 17.8. The van der Waals surface area contributed by atoms with E-state index in [2.05, 4.69) is 27.1 Å². The Morgan fingerprint density at radius 2 is 2.19 bits per heavy atom. The lowest BCUT2D eigenvalue weighted by atomic mass is 10.1. The van der Waals surface area contributed by atoms with Crippen molar-refractivity contribution in [2.45, 2.75) is 25.8 Å². The second-order valence-corrected chi connectivity index (χ2v) is 6.32. The first kappa shape index (κ1) is 16.8. The summed E-state index contributed by atoms with van der Waals surface area (Å²) in [5, 5.41) is 3.44. The monoisotopic (exact) mass is 350 g/mol. The van der Waals surface area contributed by atoms with Gasteiger partial charge in [-0.05, 0) is 23.8 Å². The molecule has 0 saturated carbocycles. The average molecular weight is 350 g/mol. The van der Waals surface area contributed by atoms with Crippen LogP contribution in [0.1, 0.15) is 11.4 Å². The van der Waals surface area contributed by atoms with E-state index in [1.54, 1.807) is 13.3 Å². The first-order chi connectivity index (χ1) is 12.8. The number of imidazole rings is 1. The van der Waals surface area contributed by atoms with Crippen LogP contribution in [0.3, 0.4) is 0 Å². The summed E-state index contributed by atoms with van der Waals surface area (Å²) in [5.41, 5.74) is 3.10. The molecule has 0 spiro atoms. The van der Waals surface area contributed by atoms with Gasteiger partial charge in [0.05, 0.1) is 25.5 Å². The van der Waals surface area contributed by atoms with Crippen LogP contribution in [0.25, 0.3) is 11.3 Å². The van der Waals surface area contributed by atoms with Gasteiger partial charge < -0.3 is 19.4 Å². The first-order valence-electron chi connectivity index (χ1n) is 8.74. The van der Waals surface area contributed by atoms with Gasteiger partial charge in [0.15, 0.2) is 0 Å². The summed E-state index contributed by atoms with van der Waals surface area (Å²) >= 11 is 0. The van der Waals surface area contributed by atoms with E-state index in [4.69, 9.17) is 14.5 Å². The number of hydrogen-bond donors (Lipinski definition) is 1. The molecule has 0 radical (unpaired) electrons. The Kier molecular flexibility index (Phi) is 4.95. The number of methoxy groups -OCH3 is 1. The molecule has 2 aromatic heterocycles. The van der Waals surface area contributed by atoms with Gasteiger partial charge in [0, 0.05) is 37.2 Å². The Morgan fingerprint density at radius 1 is 1.27 bits per heavy atom. The maximum atomic E-state index is 5.96. The van der Waals surface area contributed by atoms with E-state index >= 15 is 0 Å². The normalized spacial score (nSPS) is 16.3. The predicted octanol–water partition coefficient (Wildman–Crippen LogP) is 2.64. The van der Waals surface area contributed by atoms with Crippen LogP contribution in [-0.4, -0.2) is 34.3 Å². The number of aromatic nitrogens is 3. The summed E-state index contributed by atoms with van der Waals surface area (Å²) in [5.74, 6) is 1.79. The van der Waals surface area contributed by atoms with Crippen LogP contribution in [0, 0.1) is 0 Å². The first-order valence-corrected chi connectivity index (χ1v) is 8.74. The smallest absolute Gasteiger partial charge is 0.135 e. The van der Waals surface area contributed by atoms with Gasteiger partial charge >= 0.3 is 0 Å². The lowest BCUT2D eigenvalue weighted by Gasteiger charge is -2.24. The molecule has 1 atom stereocenters. The van der Waals surface area contributed by atoms with E-state index in [0.717, 1.165) is 42.5 Å². The van der Waals surface area contributed by atoms with Crippen LogP contribution in [0.2, 0.25) is 0 Å². The summed E-state index contributed by atoms with van der Waals surface area (Å²) in [6.45, 7) is 2.89. The van der Waals surface area contributed by atoms with E-state index < -0.39 is 0 Å². The molecular weight excluding hydrogens is 328 g/mol. The molecule has 0 saturated heterocycles. The van der Waals surface area contributed by atoms with Crippen LogP contribution in [0.4, 0.5) is 0 Å². The van der Waals surface area contributed by atoms with Crippen molar-refractivity contribution in [2.75, 3.05) is 13.7 Å². The number of rotatable bonds is 6. The van der Waals surface area contributed by atoms with Crippen molar-refractivity contribution in [3.8, 4) is 17.0 Å². The molecular formula is C20H22N4O2. The number of nitrogens with one attached hydrogen (secondary N) is 1. The Hall–Kier alpha value is -2.70. The maximum absolute atomic E-state index is 5.96. The fraction of sp³-hybridized carbons (Fsp3) is 0.300. The molecule has 0 bridgehead atoms. The van der Waals surface area contributed by atoms with Crippen LogP contribution in [0.5, 0.6) is 5.75 Å². The van der Waals surface area contributed by atoms with Gasteiger partial charge in [-0.3, -0.25) is 4.98 Å². The lowest BCUT2D eigenvalue weighted by Crippen LogP contribution is -2.35. The van der Waals surface area contributed by atoms with Crippen LogP contribution >= 0.6 is 0 Å². The molecule has 6 nitrogen and oxygen atoms in total. The third kappa shape index (κ3) is 3.61. The number of nitrogens with zero attached hydrogens (tertiary/aromatic N) is 3. The van der Waals surface area contributed by atoms with Crippen molar-refractivity contribution in [1.29, 1.82) is 0 Å². The van der Waals surface area contributed by atoms with Crippen molar-refractivity contribution in [3.05, 3.63) is 66.4 Å². The molecule has 0 amide bonds. The molecule has 1 aromatic carbocycles. The summed E-state index contributed by atoms with van der Waals surface area (Å²) in [6, 6.07) is 12.0. The van der Waals surface area contributed by atoms with Crippen LogP contribution in [0.15, 0.2) is 55.0 Å². The molecule has 1 N–H and O–H groups in total. The van der Waals surface area contributed by atoms with Crippen molar-refractivity contribution in [3.63, 3.8) is 0 Å². The largest absolute Gasteiger partial charge is 0.496 e. The van der Waals surface area contributed by atoms with Crippen LogP contribution < -0.4 is 10.1 Å². The fourth-order valence-electron chi connectivity index (χ4n) is 3.18. The number of pyridine rings is 1. The zero-order valence-electron chi connectivity index (χ0n) is 14.8. The third-order valence-electron chi connectivity index (χ3n) is 4.51. The van der Waals surface area contributed by atoms with E-state index in [-0.39, 0.29) is 6.10 Å². The number of ether oxygens (including phenoxy) is 2. The second kappa shape index (κ2) is 7.68. The number of fused-ring (bicyclic) bond motifs is 1. The van der Waals surface area contributed by atoms with Gasteiger partial charge in [-0.2, -0.15) is 0 Å². The molecule has 0 unspecified atom stereocenters. The molecule has 1 aliphatic heterocycles. The standard InChI is InChI=1S/C20H22N4O2/c1-25-19-7-3-2-6-17(19)18-13-24-12-16(26-14-20(24)23-18)11-22-10-15-5-4-8-21-9-15/h2-9,13,16,22H,10-12,14H2,1H3/t16-/m0/s1. The lowest BCUT2D eigenvalue weighted by molar-refractivity contribution is 0.00278. The third-order valence-corrected chi connectivity index (χ3v) is 4.51. The van der Waals surface area contributed by atoms with Crippen LogP contribution in [-0.2, 0) is 24.4 Å². The predicted molar refractivity (Wildman–Crippen MR) is 98.7 cm³/mol. The summed E-state index contributed by atoms with van der Waals surface area (Å²) < 4.78 is 13.6. The Bertz CT molecular complexity index is 863. The molecule has 0 fully saturated rings. The molecule has 6 heteroatoms. The number of benzene rings is 1. The number of para-hydroxylation sites is 1. The average Bonchev–Trinajstić information content (AvgIpc) is 3.12. The molecule has 26 heavy (non-hydrogen) atoms. The second-order valence-electron chi connectivity index (χ2n) is 6.32. The topological polar surface area (TPSA) is 61.2 Å². The van der Waals surface area contributed by atoms with Gasteiger partial charge in [0.25, 0.3) is 0 Å². The van der Waals surface area contributed by atoms with Gasteiger partial charge in [-0.15, -0.1) is 0 Å². The zero-order valence-corrected chi connectivity index (χ0v) is 14.8. The highest BCUT2D eigenvalue weighted by Crippen LogP contribution is 2.30. The fourth-order valence-corrected chi connectivity index (χ4v) is 3.18. The Labute approximate surface area is 152 Å². The molecule has 4 rings (SSSR count). The van der Waals surface area contributed by atoms with Gasteiger partial charge in [0.2, 0.25) is 0 Å². The molecule has 1 aliphatic rings. The van der Waals surface area contributed by atoms with Gasteiger partial charge in [-0.25, -0.2) is 4.98 Å². The highest BCUT2D eigenvalue weighted by molar-refractivity contribution is 5.66. The van der Waals surface area contributed by atoms with Crippen molar-refractivity contribution < 1.29 is 9.47 Å². The minimum atomic E-state index is 0.124. The minimum Gasteiger partial charge on any atom is -0.496 e. The summed E-state index contributed by atoms with van der Waals surface area (Å²) in [6.07, 6.45) is 5.87. The Morgan fingerprint density at radius 3 is 3.04 bits per heavy atom. The molecule has 3 aromatic rings.